The number of sulfonamides is 1. The van der Waals surface area contributed by atoms with Crippen LogP contribution in [0, 0.1) is 13.8 Å². The molecule has 2 amide bonds. The van der Waals surface area contributed by atoms with E-state index in [4.69, 9.17) is 16.3 Å². The second kappa shape index (κ2) is 13.2. The van der Waals surface area contributed by atoms with E-state index in [9.17, 15) is 18.0 Å². The van der Waals surface area contributed by atoms with Crippen molar-refractivity contribution in [2.45, 2.75) is 58.1 Å². The minimum atomic E-state index is -4.20. The lowest BCUT2D eigenvalue weighted by Crippen LogP contribution is -2.52. The Labute approximate surface area is 241 Å². The number of anilines is 1. The number of aryl methyl sites for hydroxylation is 2. The Balaban J connectivity index is 2.10. The molecule has 40 heavy (non-hydrogen) atoms. The molecular weight excluding hydrogens is 550 g/mol. The highest BCUT2D eigenvalue weighted by molar-refractivity contribution is 7.92. The highest BCUT2D eigenvalue weighted by Gasteiger charge is 2.34. The van der Waals surface area contributed by atoms with Crippen LogP contribution in [0.1, 0.15) is 37.5 Å². The third-order valence-corrected chi connectivity index (χ3v) is 8.38. The zero-order chi connectivity index (χ0) is 29.6. The van der Waals surface area contributed by atoms with Crippen LogP contribution in [-0.2, 0) is 26.2 Å². The first-order chi connectivity index (χ1) is 18.8. The van der Waals surface area contributed by atoms with E-state index >= 15 is 0 Å². The van der Waals surface area contributed by atoms with Gasteiger partial charge in [-0.15, -0.1) is 0 Å². The van der Waals surface area contributed by atoms with Crippen molar-refractivity contribution >= 4 is 39.1 Å². The summed E-state index contributed by atoms with van der Waals surface area (Å²) in [5.74, 6) is -0.608. The zero-order valence-electron chi connectivity index (χ0n) is 23.6. The molecule has 0 fully saturated rings. The van der Waals surface area contributed by atoms with Crippen molar-refractivity contribution in [2.75, 3.05) is 18.0 Å². The summed E-state index contributed by atoms with van der Waals surface area (Å²) in [6.45, 7) is 8.49. The first-order valence-corrected chi connectivity index (χ1v) is 14.7. The van der Waals surface area contributed by atoms with Crippen molar-refractivity contribution in [3.8, 4) is 5.75 Å². The van der Waals surface area contributed by atoms with E-state index in [2.05, 4.69) is 5.32 Å². The molecule has 0 aliphatic heterocycles. The van der Waals surface area contributed by atoms with Gasteiger partial charge < -0.3 is 15.0 Å². The molecule has 1 atom stereocenters. The first-order valence-electron chi connectivity index (χ1n) is 12.9. The van der Waals surface area contributed by atoms with Gasteiger partial charge in [0.15, 0.2) is 0 Å². The van der Waals surface area contributed by atoms with Crippen LogP contribution in [-0.4, -0.2) is 50.9 Å². The van der Waals surface area contributed by atoms with Gasteiger partial charge in [-0.05, 0) is 82.1 Å². The van der Waals surface area contributed by atoms with E-state index in [0.717, 1.165) is 21.0 Å². The van der Waals surface area contributed by atoms with Gasteiger partial charge in [0.05, 0.1) is 17.7 Å². The summed E-state index contributed by atoms with van der Waals surface area (Å²) in [6, 6.07) is 17.4. The number of amides is 2. The van der Waals surface area contributed by atoms with E-state index < -0.39 is 28.5 Å². The predicted octanol–water partition coefficient (Wildman–Crippen LogP) is 5.10. The quantitative estimate of drug-likeness (QED) is 0.338. The summed E-state index contributed by atoms with van der Waals surface area (Å²) < 4.78 is 34.6. The van der Waals surface area contributed by atoms with E-state index in [0.29, 0.717) is 10.8 Å². The van der Waals surface area contributed by atoms with Gasteiger partial charge in [0.1, 0.15) is 18.3 Å². The monoisotopic (exact) mass is 585 g/mol. The molecule has 214 valence electrons. The van der Waals surface area contributed by atoms with Crippen LogP contribution in [0.25, 0.3) is 0 Å². The maximum Gasteiger partial charge on any atom is 0.264 e. The van der Waals surface area contributed by atoms with Gasteiger partial charge in [-0.2, -0.15) is 0 Å². The van der Waals surface area contributed by atoms with Gasteiger partial charge in [-0.1, -0.05) is 47.5 Å². The number of ether oxygens (including phenoxy) is 1. The van der Waals surface area contributed by atoms with Crippen LogP contribution in [0.3, 0.4) is 0 Å². The lowest BCUT2D eigenvalue weighted by molar-refractivity contribution is -0.139. The van der Waals surface area contributed by atoms with Crippen LogP contribution < -0.4 is 14.4 Å². The number of methoxy groups -OCH3 is 1. The fraction of sp³-hybridized carbons (Fsp3) is 0.333. The Morgan fingerprint density at radius 2 is 1.52 bits per heavy atom. The molecule has 0 aliphatic carbocycles. The summed E-state index contributed by atoms with van der Waals surface area (Å²) in [5, 5.41) is 3.38. The van der Waals surface area contributed by atoms with Gasteiger partial charge in [-0.25, -0.2) is 8.42 Å². The molecule has 0 aliphatic rings. The summed E-state index contributed by atoms with van der Waals surface area (Å²) >= 11 is 6.05. The molecule has 10 heteroatoms. The zero-order valence-corrected chi connectivity index (χ0v) is 25.2. The number of rotatable bonds is 11. The highest BCUT2D eigenvalue weighted by Crippen LogP contribution is 2.34. The maximum atomic E-state index is 14.0. The van der Waals surface area contributed by atoms with E-state index in [1.165, 1.54) is 24.1 Å². The molecule has 8 nitrogen and oxygen atoms in total. The molecular formula is C30H36ClN3O5S. The maximum absolute atomic E-state index is 14.0. The van der Waals surface area contributed by atoms with Crippen LogP contribution in [0.4, 0.5) is 5.69 Å². The normalized spacial score (nSPS) is 12.1. The average Bonchev–Trinajstić information content (AvgIpc) is 2.90. The van der Waals surface area contributed by atoms with E-state index in [1.807, 2.05) is 27.7 Å². The number of hydrogen-bond acceptors (Lipinski definition) is 5. The molecule has 0 heterocycles. The molecule has 1 N–H and O–H groups in total. The number of nitrogens with one attached hydrogen (secondary N) is 1. The lowest BCUT2D eigenvalue weighted by atomic mass is 10.1. The molecule has 3 aromatic rings. The first kappa shape index (κ1) is 31.0. The van der Waals surface area contributed by atoms with Crippen molar-refractivity contribution in [1.29, 1.82) is 0 Å². The van der Waals surface area contributed by atoms with Gasteiger partial charge in [0.2, 0.25) is 11.8 Å². The van der Waals surface area contributed by atoms with Crippen molar-refractivity contribution in [1.82, 2.24) is 10.2 Å². The summed E-state index contributed by atoms with van der Waals surface area (Å²) in [5.41, 5.74) is 2.65. The summed E-state index contributed by atoms with van der Waals surface area (Å²) in [4.78, 5) is 28.4. The fourth-order valence-electron chi connectivity index (χ4n) is 4.12. The summed E-state index contributed by atoms with van der Waals surface area (Å²) in [7, 11) is -2.76. The molecule has 0 spiro atoms. The van der Waals surface area contributed by atoms with Crippen LogP contribution >= 0.6 is 11.6 Å². The van der Waals surface area contributed by atoms with Gasteiger partial charge >= 0.3 is 0 Å². The Kier molecular flexibility index (Phi) is 10.2. The minimum Gasteiger partial charge on any atom is -0.495 e. The second-order valence-electron chi connectivity index (χ2n) is 9.99. The number of carbonyl (C=O) groups excluding carboxylic acids is 2. The predicted molar refractivity (Wildman–Crippen MR) is 158 cm³/mol. The molecule has 0 saturated heterocycles. The van der Waals surface area contributed by atoms with Crippen molar-refractivity contribution in [2.24, 2.45) is 0 Å². The fourth-order valence-corrected chi connectivity index (χ4v) is 5.66. The lowest BCUT2D eigenvalue weighted by Gasteiger charge is -2.32. The molecule has 0 saturated carbocycles. The van der Waals surface area contributed by atoms with Crippen molar-refractivity contribution in [3.05, 3.63) is 88.4 Å². The smallest absolute Gasteiger partial charge is 0.264 e. The Morgan fingerprint density at radius 1 is 0.925 bits per heavy atom. The average molecular weight is 586 g/mol. The molecule has 3 rings (SSSR count). The number of benzene rings is 3. The number of carbonyl (C=O) groups is 2. The van der Waals surface area contributed by atoms with Crippen LogP contribution in [0.5, 0.6) is 5.75 Å². The molecule has 3 aromatic carbocycles. The van der Waals surface area contributed by atoms with Crippen molar-refractivity contribution < 1.29 is 22.7 Å². The third kappa shape index (κ3) is 7.55. The number of nitrogens with zero attached hydrogens (tertiary/aromatic N) is 2. The standard InChI is InChI=1S/C30H36ClN3O5S/c1-20(2)32-30(36)23(5)33(18-24-10-12-25(31)13-11-24)29(35)19-34(27-17-22(4)9-16-28(27)39-6)40(37,38)26-14-7-21(3)8-15-26/h7-17,20,23H,18-19H2,1-6H3,(H,32,36). The van der Waals surface area contributed by atoms with Gasteiger partial charge in [0.25, 0.3) is 10.0 Å². The Morgan fingerprint density at radius 3 is 2.10 bits per heavy atom. The SMILES string of the molecule is COc1ccc(C)cc1N(CC(=O)N(Cc1ccc(Cl)cc1)C(C)C(=O)NC(C)C)S(=O)(=O)c1ccc(C)cc1. The van der Waals surface area contributed by atoms with Crippen LogP contribution in [0.15, 0.2) is 71.6 Å². The largest absolute Gasteiger partial charge is 0.495 e. The Hall–Kier alpha value is -3.56. The molecule has 0 bridgehead atoms. The molecule has 1 unspecified atom stereocenters. The summed E-state index contributed by atoms with van der Waals surface area (Å²) in [6.07, 6.45) is 0. The topological polar surface area (TPSA) is 96.0 Å². The molecule has 0 radical (unpaired) electrons. The van der Waals surface area contributed by atoms with Crippen molar-refractivity contribution in [3.63, 3.8) is 0 Å². The van der Waals surface area contributed by atoms with E-state index in [1.54, 1.807) is 61.5 Å². The number of hydrogen-bond donors (Lipinski definition) is 1. The minimum absolute atomic E-state index is 0.0318. The second-order valence-corrected chi connectivity index (χ2v) is 12.3. The Bertz CT molecular complexity index is 1440. The van der Waals surface area contributed by atoms with Gasteiger partial charge in [0, 0.05) is 17.6 Å². The third-order valence-electron chi connectivity index (χ3n) is 6.36. The highest BCUT2D eigenvalue weighted by atomic mass is 35.5. The van der Waals surface area contributed by atoms with E-state index in [-0.39, 0.29) is 29.1 Å². The molecule has 0 aromatic heterocycles. The number of halogens is 1. The van der Waals surface area contributed by atoms with Gasteiger partial charge in [-0.3, -0.25) is 13.9 Å². The van der Waals surface area contributed by atoms with Crippen LogP contribution in [0.2, 0.25) is 5.02 Å².